The first-order valence-electron chi connectivity index (χ1n) is 9.73. The van der Waals surface area contributed by atoms with Crippen molar-refractivity contribution in [3.05, 3.63) is 71.6 Å². The maximum atomic E-state index is 13.0. The van der Waals surface area contributed by atoms with Gasteiger partial charge >= 0.3 is 0 Å². The molecule has 1 N–H and O–H groups in total. The zero-order valence-electron chi connectivity index (χ0n) is 15.7. The molecule has 27 heavy (non-hydrogen) atoms. The van der Waals surface area contributed by atoms with Gasteiger partial charge in [-0.15, -0.1) is 0 Å². The van der Waals surface area contributed by atoms with E-state index in [0.29, 0.717) is 6.42 Å². The molecule has 4 nitrogen and oxygen atoms in total. The van der Waals surface area contributed by atoms with Crippen LogP contribution in [0.4, 0.5) is 0 Å². The van der Waals surface area contributed by atoms with E-state index in [9.17, 15) is 4.79 Å². The Kier molecular flexibility index (Phi) is 5.16. The predicted octanol–water partition coefficient (Wildman–Crippen LogP) is 4.25. The average Bonchev–Trinajstić information content (AvgIpc) is 3.13. The Morgan fingerprint density at radius 3 is 2.74 bits per heavy atom. The smallest absolute Gasteiger partial charge is 0.231 e. The number of aryl methyl sites for hydroxylation is 2. The van der Waals surface area contributed by atoms with E-state index in [1.165, 1.54) is 16.7 Å². The van der Waals surface area contributed by atoms with E-state index in [-0.39, 0.29) is 5.91 Å². The summed E-state index contributed by atoms with van der Waals surface area (Å²) in [7, 11) is 0. The number of rotatable bonds is 5. The molecule has 0 amide bonds. The van der Waals surface area contributed by atoms with E-state index in [2.05, 4.69) is 47.6 Å². The highest BCUT2D eigenvalue weighted by Gasteiger charge is 2.17. The van der Waals surface area contributed by atoms with Crippen LogP contribution in [0.2, 0.25) is 0 Å². The molecular weight excluding hydrogens is 334 g/mol. The third-order valence-electron chi connectivity index (χ3n) is 5.30. The third kappa shape index (κ3) is 3.71. The fourth-order valence-corrected chi connectivity index (χ4v) is 3.68. The second-order valence-corrected chi connectivity index (χ2v) is 7.03. The predicted molar refractivity (Wildman–Crippen MR) is 110 cm³/mol. The van der Waals surface area contributed by atoms with Crippen molar-refractivity contribution in [2.45, 2.75) is 32.6 Å². The van der Waals surface area contributed by atoms with Crippen LogP contribution in [0.15, 0.2) is 54.9 Å². The van der Waals surface area contributed by atoms with Crippen molar-refractivity contribution < 1.29 is 4.79 Å². The molecule has 0 saturated carbocycles. The van der Waals surface area contributed by atoms with Crippen LogP contribution in [-0.2, 0) is 12.8 Å². The number of carbonyl (C=O) groups is 1. The topological polar surface area (TPSA) is 46.9 Å². The van der Waals surface area contributed by atoms with Gasteiger partial charge in [0.25, 0.3) is 0 Å². The van der Waals surface area contributed by atoms with Crippen LogP contribution < -0.4 is 5.32 Å². The van der Waals surface area contributed by atoms with Gasteiger partial charge in [-0.25, -0.2) is 0 Å². The molecule has 0 saturated heterocycles. The fraction of sp³-hybridized carbons (Fsp3) is 0.304. The number of aromatic nitrogens is 2. The SMILES string of the molecule is CCc1ccc(CCC(=O)n2cc(C3=CCNCC3)c3ncccc32)cc1. The van der Waals surface area contributed by atoms with Crippen LogP contribution in [0.3, 0.4) is 0 Å². The molecule has 0 unspecified atom stereocenters. The van der Waals surface area contributed by atoms with Gasteiger partial charge in [-0.1, -0.05) is 37.3 Å². The standard InChI is InChI=1S/C23H25N3O/c1-2-17-5-7-18(8-6-17)9-10-22(27)26-16-20(19-11-14-24-15-12-19)23-21(26)4-3-13-25-23/h3-8,11,13,16,24H,2,9-10,12,14-15H2,1H3. The Labute approximate surface area is 159 Å². The molecule has 4 rings (SSSR count). The van der Waals surface area contributed by atoms with Gasteiger partial charge in [0.2, 0.25) is 5.91 Å². The number of pyridine rings is 1. The van der Waals surface area contributed by atoms with E-state index >= 15 is 0 Å². The van der Waals surface area contributed by atoms with Crippen LogP contribution in [0.5, 0.6) is 0 Å². The van der Waals surface area contributed by atoms with E-state index in [1.54, 1.807) is 10.8 Å². The van der Waals surface area contributed by atoms with Gasteiger partial charge in [0.15, 0.2) is 0 Å². The quantitative estimate of drug-likeness (QED) is 0.741. The molecule has 0 spiro atoms. The van der Waals surface area contributed by atoms with Gasteiger partial charge in [-0.3, -0.25) is 14.3 Å². The molecule has 1 aliphatic heterocycles. The van der Waals surface area contributed by atoms with Crippen LogP contribution in [0.25, 0.3) is 16.6 Å². The molecule has 2 aromatic heterocycles. The monoisotopic (exact) mass is 359 g/mol. The molecule has 0 aliphatic carbocycles. The first-order valence-corrected chi connectivity index (χ1v) is 9.73. The van der Waals surface area contributed by atoms with Crippen molar-refractivity contribution in [2.75, 3.05) is 13.1 Å². The lowest BCUT2D eigenvalue weighted by Crippen LogP contribution is -2.20. The Hall–Kier alpha value is -2.72. The second kappa shape index (κ2) is 7.89. The highest BCUT2D eigenvalue weighted by Crippen LogP contribution is 2.28. The van der Waals surface area contributed by atoms with Gasteiger partial charge in [0.05, 0.1) is 11.0 Å². The molecule has 1 aromatic carbocycles. The largest absolute Gasteiger partial charge is 0.313 e. The normalized spacial score (nSPS) is 14.3. The lowest BCUT2D eigenvalue weighted by molar-refractivity contribution is 0.0908. The Bertz CT molecular complexity index is 983. The van der Waals surface area contributed by atoms with Crippen molar-refractivity contribution in [1.82, 2.24) is 14.9 Å². The molecule has 0 radical (unpaired) electrons. The summed E-state index contributed by atoms with van der Waals surface area (Å²) in [6.07, 6.45) is 9.24. The molecular formula is C23H25N3O. The molecule has 138 valence electrons. The molecule has 0 bridgehead atoms. The fourth-order valence-electron chi connectivity index (χ4n) is 3.68. The summed E-state index contributed by atoms with van der Waals surface area (Å²) in [5.74, 6) is 0.119. The van der Waals surface area contributed by atoms with Crippen LogP contribution >= 0.6 is 0 Å². The number of fused-ring (bicyclic) bond motifs is 1. The summed E-state index contributed by atoms with van der Waals surface area (Å²) in [5, 5.41) is 3.34. The Morgan fingerprint density at radius 2 is 2.00 bits per heavy atom. The molecule has 3 heterocycles. The van der Waals surface area contributed by atoms with Gasteiger partial charge in [-0.05, 0) is 54.6 Å². The van der Waals surface area contributed by atoms with E-state index in [1.807, 2.05) is 18.3 Å². The minimum Gasteiger partial charge on any atom is -0.313 e. The van der Waals surface area contributed by atoms with Crippen LogP contribution in [0, 0.1) is 0 Å². The summed E-state index contributed by atoms with van der Waals surface area (Å²) >= 11 is 0. The van der Waals surface area contributed by atoms with Crippen LogP contribution in [0.1, 0.15) is 41.3 Å². The van der Waals surface area contributed by atoms with Crippen molar-refractivity contribution >= 4 is 22.5 Å². The summed E-state index contributed by atoms with van der Waals surface area (Å²) in [4.78, 5) is 17.5. The second-order valence-electron chi connectivity index (χ2n) is 7.03. The Balaban J connectivity index is 1.58. The van der Waals surface area contributed by atoms with Gasteiger partial charge in [0.1, 0.15) is 0 Å². The van der Waals surface area contributed by atoms with E-state index in [4.69, 9.17) is 0 Å². The van der Waals surface area contributed by atoms with Gasteiger partial charge < -0.3 is 5.32 Å². The summed E-state index contributed by atoms with van der Waals surface area (Å²) in [6.45, 7) is 3.99. The first-order chi connectivity index (χ1) is 13.3. The number of nitrogens with zero attached hydrogens (tertiary/aromatic N) is 2. The minimum atomic E-state index is 0.119. The van der Waals surface area contributed by atoms with Crippen molar-refractivity contribution in [3.8, 4) is 0 Å². The highest BCUT2D eigenvalue weighted by molar-refractivity contribution is 5.97. The maximum absolute atomic E-state index is 13.0. The molecule has 4 heteroatoms. The lowest BCUT2D eigenvalue weighted by Gasteiger charge is -2.12. The average molecular weight is 359 g/mol. The number of nitrogens with one attached hydrogen (secondary N) is 1. The van der Waals surface area contributed by atoms with E-state index in [0.717, 1.165) is 48.9 Å². The van der Waals surface area contributed by atoms with Crippen molar-refractivity contribution in [1.29, 1.82) is 0 Å². The van der Waals surface area contributed by atoms with Crippen molar-refractivity contribution in [3.63, 3.8) is 0 Å². The number of hydrogen-bond donors (Lipinski definition) is 1. The summed E-state index contributed by atoms with van der Waals surface area (Å²) in [6, 6.07) is 12.4. The number of carbonyl (C=O) groups excluding carboxylic acids is 1. The Morgan fingerprint density at radius 1 is 1.19 bits per heavy atom. The maximum Gasteiger partial charge on any atom is 0.231 e. The summed E-state index contributed by atoms with van der Waals surface area (Å²) < 4.78 is 1.79. The zero-order chi connectivity index (χ0) is 18.6. The lowest BCUT2D eigenvalue weighted by atomic mass is 10.0. The third-order valence-corrected chi connectivity index (χ3v) is 5.30. The van der Waals surface area contributed by atoms with E-state index < -0.39 is 0 Å². The zero-order valence-corrected chi connectivity index (χ0v) is 15.7. The van der Waals surface area contributed by atoms with Crippen molar-refractivity contribution in [2.24, 2.45) is 0 Å². The number of benzene rings is 1. The molecule has 0 atom stereocenters. The number of hydrogen-bond acceptors (Lipinski definition) is 3. The van der Waals surface area contributed by atoms with Gasteiger partial charge in [0, 0.05) is 30.9 Å². The highest BCUT2D eigenvalue weighted by atomic mass is 16.2. The first kappa shape index (κ1) is 17.7. The summed E-state index contributed by atoms with van der Waals surface area (Å²) in [5.41, 5.74) is 6.72. The molecule has 3 aromatic rings. The van der Waals surface area contributed by atoms with Gasteiger partial charge in [-0.2, -0.15) is 0 Å². The minimum absolute atomic E-state index is 0.119. The molecule has 1 aliphatic rings. The molecule has 0 fully saturated rings. The van der Waals surface area contributed by atoms with Crippen LogP contribution in [-0.4, -0.2) is 28.5 Å².